The van der Waals surface area contributed by atoms with E-state index in [1.165, 1.54) is 0 Å². The Morgan fingerprint density at radius 3 is 2.00 bits per heavy atom. The third-order valence-corrected chi connectivity index (χ3v) is 1.91. The van der Waals surface area contributed by atoms with E-state index in [-0.39, 0.29) is 0 Å². The molecule has 0 aliphatic heterocycles. The maximum Gasteiger partial charge on any atom is 0.135 e. The Kier molecular flexibility index (Phi) is 3.57. The van der Waals surface area contributed by atoms with Crippen molar-refractivity contribution < 1.29 is 29.2 Å². The average molecular weight is 220 g/mol. The van der Waals surface area contributed by atoms with Gasteiger partial charge in [0.05, 0.1) is 12.2 Å². The molecule has 4 N–H and O–H groups in total. The maximum absolute atomic E-state index is 13.1. The summed E-state index contributed by atoms with van der Waals surface area (Å²) in [6, 6.07) is 1.21. The zero-order valence-electron chi connectivity index (χ0n) is 7.56. The van der Waals surface area contributed by atoms with Gasteiger partial charge in [-0.05, 0) is 0 Å². The summed E-state index contributed by atoms with van der Waals surface area (Å²) in [5, 5.41) is 35.6. The zero-order valence-corrected chi connectivity index (χ0v) is 7.56. The van der Waals surface area contributed by atoms with Crippen molar-refractivity contribution in [3.8, 4) is 5.75 Å². The van der Waals surface area contributed by atoms with E-state index in [1.807, 2.05) is 0 Å². The van der Waals surface area contributed by atoms with E-state index < -0.39 is 41.8 Å². The zero-order chi connectivity index (χ0) is 11.6. The molecule has 0 saturated carbocycles. The van der Waals surface area contributed by atoms with Gasteiger partial charge >= 0.3 is 0 Å². The second-order valence-electron chi connectivity index (χ2n) is 3.02. The number of hydrogen-bond donors (Lipinski definition) is 4. The van der Waals surface area contributed by atoms with Crippen LogP contribution < -0.4 is 0 Å². The van der Waals surface area contributed by atoms with Crippen molar-refractivity contribution in [3.05, 3.63) is 29.3 Å². The molecule has 0 aliphatic rings. The lowest BCUT2D eigenvalue weighted by Gasteiger charge is -2.17. The van der Waals surface area contributed by atoms with Gasteiger partial charge in [-0.1, -0.05) is 0 Å². The molecule has 0 aliphatic carbocycles. The number of phenols is 1. The van der Waals surface area contributed by atoms with Crippen molar-refractivity contribution in [1.29, 1.82) is 0 Å². The highest BCUT2D eigenvalue weighted by Crippen LogP contribution is 2.26. The molecule has 1 rings (SSSR count). The first-order valence-electron chi connectivity index (χ1n) is 4.12. The van der Waals surface area contributed by atoms with E-state index in [0.29, 0.717) is 12.1 Å². The third kappa shape index (κ3) is 2.41. The summed E-state index contributed by atoms with van der Waals surface area (Å²) in [7, 11) is 0. The molecule has 4 nitrogen and oxygen atoms in total. The molecule has 0 amide bonds. The van der Waals surface area contributed by atoms with E-state index >= 15 is 0 Å². The van der Waals surface area contributed by atoms with Crippen molar-refractivity contribution in [1.82, 2.24) is 0 Å². The standard InChI is InChI=1S/C9H10F2O4/c10-5-1-4(13)2-6(11)8(5)9(15)7(14)3-12/h1-2,7,9,12-15H,3H2. The van der Waals surface area contributed by atoms with Gasteiger partial charge in [0, 0.05) is 12.1 Å². The molecule has 1 aromatic carbocycles. The van der Waals surface area contributed by atoms with E-state index in [2.05, 4.69) is 0 Å². The Hall–Kier alpha value is -1.24. The molecule has 2 unspecified atom stereocenters. The molecule has 0 spiro atoms. The van der Waals surface area contributed by atoms with Gasteiger partial charge in [0.2, 0.25) is 0 Å². The summed E-state index contributed by atoms with van der Waals surface area (Å²) in [4.78, 5) is 0. The van der Waals surface area contributed by atoms with Crippen LogP contribution >= 0.6 is 0 Å². The molecule has 0 heterocycles. The minimum atomic E-state index is -1.88. The fourth-order valence-corrected chi connectivity index (χ4v) is 1.15. The van der Waals surface area contributed by atoms with Crippen LogP contribution in [0.3, 0.4) is 0 Å². The molecule has 0 bridgehead atoms. The highest BCUT2D eigenvalue weighted by atomic mass is 19.1. The van der Waals surface area contributed by atoms with Gasteiger partial charge in [0.1, 0.15) is 29.6 Å². The Morgan fingerprint density at radius 2 is 1.60 bits per heavy atom. The largest absolute Gasteiger partial charge is 0.508 e. The normalized spacial score (nSPS) is 15.0. The van der Waals surface area contributed by atoms with Gasteiger partial charge in [-0.25, -0.2) is 8.78 Å². The molecule has 0 fully saturated rings. The second kappa shape index (κ2) is 4.52. The topological polar surface area (TPSA) is 80.9 Å². The highest BCUT2D eigenvalue weighted by Gasteiger charge is 2.25. The molecule has 84 valence electrons. The SMILES string of the molecule is OCC(O)C(O)c1c(F)cc(O)cc1F. The van der Waals surface area contributed by atoms with Crippen LogP contribution in [0.25, 0.3) is 0 Å². The molecular formula is C9H10F2O4. The monoisotopic (exact) mass is 220 g/mol. The van der Waals surface area contributed by atoms with Crippen molar-refractivity contribution in [3.63, 3.8) is 0 Å². The van der Waals surface area contributed by atoms with Crippen molar-refractivity contribution in [2.75, 3.05) is 6.61 Å². The van der Waals surface area contributed by atoms with Gasteiger partial charge in [-0.15, -0.1) is 0 Å². The number of aromatic hydroxyl groups is 1. The fraction of sp³-hybridized carbons (Fsp3) is 0.333. The first-order valence-corrected chi connectivity index (χ1v) is 4.12. The summed E-state index contributed by atoms with van der Waals surface area (Å²) < 4.78 is 26.2. The Bertz CT molecular complexity index is 333. The lowest BCUT2D eigenvalue weighted by molar-refractivity contribution is -0.0185. The van der Waals surface area contributed by atoms with Crippen LogP contribution in [0.2, 0.25) is 0 Å². The van der Waals surface area contributed by atoms with E-state index in [4.69, 9.17) is 15.3 Å². The molecule has 0 aromatic heterocycles. The molecule has 15 heavy (non-hydrogen) atoms. The second-order valence-corrected chi connectivity index (χ2v) is 3.02. The van der Waals surface area contributed by atoms with E-state index in [1.54, 1.807) is 0 Å². The van der Waals surface area contributed by atoms with Crippen molar-refractivity contribution in [2.45, 2.75) is 12.2 Å². The molecule has 1 aromatic rings. The molecule has 2 atom stereocenters. The van der Waals surface area contributed by atoms with Gasteiger partial charge in [0.25, 0.3) is 0 Å². The Morgan fingerprint density at radius 1 is 1.13 bits per heavy atom. The fourth-order valence-electron chi connectivity index (χ4n) is 1.15. The number of aliphatic hydroxyl groups excluding tert-OH is 3. The summed E-state index contributed by atoms with van der Waals surface area (Å²) in [6.07, 6.45) is -3.56. The highest BCUT2D eigenvalue weighted by molar-refractivity contribution is 5.31. The number of aliphatic hydroxyl groups is 3. The van der Waals surface area contributed by atoms with Crippen LogP contribution in [0, 0.1) is 11.6 Å². The lowest BCUT2D eigenvalue weighted by atomic mass is 10.0. The van der Waals surface area contributed by atoms with Crippen LogP contribution in [-0.2, 0) is 0 Å². The molecular weight excluding hydrogens is 210 g/mol. The van der Waals surface area contributed by atoms with Crippen LogP contribution in [0.4, 0.5) is 8.78 Å². The van der Waals surface area contributed by atoms with Gasteiger partial charge in [-0.2, -0.15) is 0 Å². The Balaban J connectivity index is 3.13. The smallest absolute Gasteiger partial charge is 0.135 e. The summed E-state index contributed by atoms with van der Waals surface area (Å²) >= 11 is 0. The first kappa shape index (κ1) is 11.8. The first-order chi connectivity index (χ1) is 6.97. The number of benzene rings is 1. The lowest BCUT2D eigenvalue weighted by Crippen LogP contribution is -2.23. The predicted octanol–water partition coefficient (Wildman–Crippen LogP) is 0.0570. The summed E-state index contributed by atoms with van der Waals surface area (Å²) in [5.41, 5.74) is -0.783. The number of hydrogen-bond acceptors (Lipinski definition) is 4. The van der Waals surface area contributed by atoms with Gasteiger partial charge < -0.3 is 20.4 Å². The van der Waals surface area contributed by atoms with Crippen molar-refractivity contribution >= 4 is 0 Å². The van der Waals surface area contributed by atoms with Crippen molar-refractivity contribution in [2.24, 2.45) is 0 Å². The number of halogens is 2. The van der Waals surface area contributed by atoms with E-state index in [9.17, 15) is 13.9 Å². The van der Waals surface area contributed by atoms with Crippen LogP contribution in [-0.4, -0.2) is 33.1 Å². The van der Waals surface area contributed by atoms with Crippen LogP contribution in [0.1, 0.15) is 11.7 Å². The quantitative estimate of drug-likeness (QED) is 0.580. The average Bonchev–Trinajstić information content (AvgIpc) is 2.14. The molecule has 0 saturated heterocycles. The summed E-state index contributed by atoms with van der Waals surface area (Å²) in [5.74, 6) is -3.00. The summed E-state index contributed by atoms with van der Waals surface area (Å²) in [6.45, 7) is -0.832. The maximum atomic E-state index is 13.1. The number of rotatable bonds is 3. The minimum absolute atomic E-state index is 0.603. The number of phenolic OH excluding ortho intramolecular Hbond substituents is 1. The van der Waals surface area contributed by atoms with Gasteiger partial charge in [-0.3, -0.25) is 0 Å². The van der Waals surface area contributed by atoms with Crippen LogP contribution in [0.15, 0.2) is 12.1 Å². The van der Waals surface area contributed by atoms with Gasteiger partial charge in [0.15, 0.2) is 0 Å². The molecule has 6 heteroatoms. The molecule has 0 radical (unpaired) electrons. The predicted molar refractivity (Wildman–Crippen MR) is 46.1 cm³/mol. The Labute approximate surface area is 84.0 Å². The third-order valence-electron chi connectivity index (χ3n) is 1.91. The minimum Gasteiger partial charge on any atom is -0.508 e. The van der Waals surface area contributed by atoms with Crippen LogP contribution in [0.5, 0.6) is 5.75 Å². The van der Waals surface area contributed by atoms with E-state index in [0.717, 1.165) is 0 Å².